The highest BCUT2D eigenvalue weighted by Gasteiger charge is 2.36. The number of esters is 1. The Kier molecular flexibility index (Phi) is 5.11. The van der Waals surface area contributed by atoms with E-state index in [1.54, 1.807) is 0 Å². The van der Waals surface area contributed by atoms with Gasteiger partial charge in [-0.3, -0.25) is 4.79 Å². The van der Waals surface area contributed by atoms with E-state index in [2.05, 4.69) is 10.4 Å². The van der Waals surface area contributed by atoms with Crippen LogP contribution in [0.25, 0.3) is 16.9 Å². The van der Waals surface area contributed by atoms with Crippen LogP contribution in [0.1, 0.15) is 21.6 Å². The predicted molar refractivity (Wildman–Crippen MR) is 104 cm³/mol. The van der Waals surface area contributed by atoms with Crippen LogP contribution in [-0.4, -0.2) is 35.4 Å². The third-order valence-corrected chi connectivity index (χ3v) is 4.80. The molecular weight excluding hydrogens is 434 g/mol. The van der Waals surface area contributed by atoms with E-state index < -0.39 is 29.6 Å². The summed E-state index contributed by atoms with van der Waals surface area (Å²) in [7, 11) is 1.14. The predicted octanol–water partition coefficient (Wildman–Crippen LogP) is 4.12. The molecule has 1 amide bonds. The fraction of sp³-hybridized carbons (Fsp3) is 0.190. The van der Waals surface area contributed by atoms with Crippen molar-refractivity contribution in [3.63, 3.8) is 0 Å². The minimum atomic E-state index is -4.76. The molecule has 0 atom stereocenters. The van der Waals surface area contributed by atoms with Crippen molar-refractivity contribution in [3.8, 4) is 22.7 Å². The molecule has 0 saturated heterocycles. The van der Waals surface area contributed by atoms with Crippen LogP contribution in [0.4, 0.5) is 23.2 Å². The Balaban J connectivity index is 1.98. The van der Waals surface area contributed by atoms with E-state index in [-0.39, 0.29) is 40.6 Å². The highest BCUT2D eigenvalue weighted by molar-refractivity contribution is 6.02. The summed E-state index contributed by atoms with van der Waals surface area (Å²) < 4.78 is 65.1. The Labute approximate surface area is 178 Å². The number of methoxy groups -OCH3 is 1. The first-order valence-electron chi connectivity index (χ1n) is 9.21. The van der Waals surface area contributed by atoms with Gasteiger partial charge >= 0.3 is 12.1 Å². The number of halogens is 4. The molecule has 0 saturated carbocycles. The Morgan fingerprint density at radius 1 is 1.22 bits per heavy atom. The number of alkyl halides is 3. The smallest absolute Gasteiger partial charge is 0.435 e. The van der Waals surface area contributed by atoms with Crippen molar-refractivity contribution in [2.24, 2.45) is 0 Å². The van der Waals surface area contributed by atoms with Crippen molar-refractivity contribution >= 4 is 17.6 Å². The molecule has 0 unspecified atom stereocenters. The minimum absolute atomic E-state index is 0.0418. The molecule has 0 spiro atoms. The van der Waals surface area contributed by atoms with Crippen molar-refractivity contribution < 1.29 is 36.6 Å². The first kappa shape index (κ1) is 21.3. The Hall–Kier alpha value is -3.89. The second-order valence-corrected chi connectivity index (χ2v) is 6.98. The Morgan fingerprint density at radius 2 is 1.97 bits per heavy atom. The van der Waals surface area contributed by atoms with Crippen LogP contribution >= 0.6 is 0 Å². The zero-order valence-corrected chi connectivity index (χ0v) is 16.7. The van der Waals surface area contributed by atoms with Crippen LogP contribution in [0.2, 0.25) is 0 Å². The molecule has 4 rings (SSSR count). The first-order chi connectivity index (χ1) is 15.1. The summed E-state index contributed by atoms with van der Waals surface area (Å²) in [5.74, 6) is -1.82. The van der Waals surface area contributed by atoms with E-state index in [4.69, 9.17) is 9.47 Å². The van der Waals surface area contributed by atoms with E-state index >= 15 is 0 Å². The maximum absolute atomic E-state index is 13.6. The lowest BCUT2D eigenvalue weighted by Crippen LogP contribution is -2.27. The summed E-state index contributed by atoms with van der Waals surface area (Å²) in [6.07, 6.45) is -4.76. The fourth-order valence-corrected chi connectivity index (χ4v) is 3.38. The van der Waals surface area contributed by atoms with Crippen LogP contribution < -0.4 is 10.1 Å². The summed E-state index contributed by atoms with van der Waals surface area (Å²) >= 11 is 0. The van der Waals surface area contributed by atoms with Crippen LogP contribution in [0.5, 0.6) is 5.75 Å². The molecule has 2 heterocycles. The molecule has 2 aromatic carbocycles. The molecular formula is C21H15F4N3O4. The van der Waals surface area contributed by atoms with Crippen molar-refractivity contribution in [2.45, 2.75) is 13.1 Å². The van der Waals surface area contributed by atoms with Gasteiger partial charge in [0.1, 0.15) is 11.4 Å². The summed E-state index contributed by atoms with van der Waals surface area (Å²) in [6, 6.07) is 7.01. The van der Waals surface area contributed by atoms with Gasteiger partial charge in [-0.2, -0.15) is 18.3 Å². The van der Waals surface area contributed by atoms with Gasteiger partial charge in [-0.05, 0) is 48.9 Å². The molecule has 32 heavy (non-hydrogen) atoms. The summed E-state index contributed by atoms with van der Waals surface area (Å²) in [6.45, 7) is 1.19. The van der Waals surface area contributed by atoms with Crippen molar-refractivity contribution in [1.29, 1.82) is 0 Å². The number of nitrogens with zero attached hydrogens (tertiary/aromatic N) is 2. The fourth-order valence-electron chi connectivity index (χ4n) is 3.38. The summed E-state index contributed by atoms with van der Waals surface area (Å²) in [5, 5.41) is 6.21. The maximum atomic E-state index is 13.6. The van der Waals surface area contributed by atoms with Gasteiger partial charge in [-0.15, -0.1) is 0 Å². The number of hydrogen-bond acceptors (Lipinski definition) is 5. The number of hydrogen-bond donors (Lipinski definition) is 1. The molecule has 1 aliphatic heterocycles. The average molecular weight is 449 g/mol. The lowest BCUT2D eigenvalue weighted by Gasteiger charge is -2.21. The van der Waals surface area contributed by atoms with E-state index in [1.807, 2.05) is 0 Å². The third-order valence-electron chi connectivity index (χ3n) is 4.80. The van der Waals surface area contributed by atoms with E-state index in [0.29, 0.717) is 5.56 Å². The number of carbonyl (C=O) groups excluding carboxylic acids is 2. The quantitative estimate of drug-likeness (QED) is 0.481. The maximum Gasteiger partial charge on any atom is 0.435 e. The molecule has 3 aromatic rings. The zero-order valence-electron chi connectivity index (χ0n) is 16.7. The number of fused-ring (bicyclic) bond motifs is 1. The normalized spacial score (nSPS) is 13.2. The number of anilines is 1. The van der Waals surface area contributed by atoms with E-state index in [1.165, 1.54) is 25.1 Å². The van der Waals surface area contributed by atoms with E-state index in [9.17, 15) is 27.2 Å². The van der Waals surface area contributed by atoms with E-state index in [0.717, 1.165) is 30.0 Å². The number of aromatic nitrogens is 2. The molecule has 166 valence electrons. The van der Waals surface area contributed by atoms with Crippen molar-refractivity contribution in [2.75, 3.05) is 19.0 Å². The number of aryl methyl sites for hydroxylation is 1. The van der Waals surface area contributed by atoms with Crippen molar-refractivity contribution in [1.82, 2.24) is 9.78 Å². The van der Waals surface area contributed by atoms with Gasteiger partial charge < -0.3 is 14.8 Å². The monoisotopic (exact) mass is 449 g/mol. The topological polar surface area (TPSA) is 82.4 Å². The number of benzene rings is 2. The van der Waals surface area contributed by atoms with Crippen LogP contribution in [0, 0.1) is 12.7 Å². The molecule has 0 radical (unpaired) electrons. The van der Waals surface area contributed by atoms with Crippen molar-refractivity contribution in [3.05, 3.63) is 59.0 Å². The Bertz CT molecular complexity index is 1250. The molecule has 1 N–H and O–H groups in total. The lowest BCUT2D eigenvalue weighted by atomic mass is 10.0. The average Bonchev–Trinajstić information content (AvgIpc) is 3.17. The van der Waals surface area contributed by atoms with Gasteiger partial charge in [0, 0.05) is 5.56 Å². The molecule has 7 nitrogen and oxygen atoms in total. The second-order valence-electron chi connectivity index (χ2n) is 6.98. The number of ether oxygens (including phenoxy) is 2. The Morgan fingerprint density at radius 3 is 2.62 bits per heavy atom. The third kappa shape index (κ3) is 3.77. The summed E-state index contributed by atoms with van der Waals surface area (Å²) in [4.78, 5) is 24.1. The van der Waals surface area contributed by atoms with Gasteiger partial charge in [0.25, 0.3) is 5.91 Å². The minimum Gasteiger partial charge on any atom is -0.481 e. The zero-order chi connectivity index (χ0) is 23.2. The first-order valence-corrected chi connectivity index (χ1v) is 9.21. The molecule has 0 bridgehead atoms. The largest absolute Gasteiger partial charge is 0.481 e. The standard InChI is InChI=1S/C21H15F4N3O4/c1-10-5-12(22)3-4-15(10)28-16(8-17(27-28)21(23,24)25)11-6-13(20(30)31-2)19-14(7-11)26-18(29)9-32-19/h3-8H,9H2,1-2H3,(H,26,29). The molecule has 11 heteroatoms. The highest BCUT2D eigenvalue weighted by atomic mass is 19.4. The molecule has 1 aliphatic rings. The highest BCUT2D eigenvalue weighted by Crippen LogP contribution is 2.39. The van der Waals surface area contributed by atoms with Gasteiger partial charge in [-0.1, -0.05) is 0 Å². The van der Waals surface area contributed by atoms with Crippen LogP contribution in [0.15, 0.2) is 36.4 Å². The van der Waals surface area contributed by atoms with Crippen LogP contribution in [0.3, 0.4) is 0 Å². The summed E-state index contributed by atoms with van der Waals surface area (Å²) in [5.41, 5.74) is -0.552. The number of rotatable bonds is 3. The van der Waals surface area contributed by atoms with Gasteiger partial charge in [-0.25, -0.2) is 13.9 Å². The number of nitrogens with one attached hydrogen (secondary N) is 1. The molecule has 0 fully saturated rings. The number of amides is 1. The second kappa shape index (κ2) is 7.66. The lowest BCUT2D eigenvalue weighted by molar-refractivity contribution is -0.141. The van der Waals surface area contributed by atoms with Gasteiger partial charge in [0.05, 0.1) is 24.2 Å². The van der Waals surface area contributed by atoms with Gasteiger partial charge in [0.15, 0.2) is 18.1 Å². The molecule has 1 aromatic heterocycles. The molecule has 0 aliphatic carbocycles. The van der Waals surface area contributed by atoms with Gasteiger partial charge in [0.2, 0.25) is 0 Å². The SMILES string of the molecule is COC(=O)c1cc(-c2cc(C(F)(F)F)nn2-c2ccc(F)cc2C)cc2c1OCC(=O)N2. The number of carbonyl (C=O) groups is 2. The van der Waals surface area contributed by atoms with Crippen LogP contribution in [-0.2, 0) is 15.7 Å².